The molecule has 138 valence electrons. The van der Waals surface area contributed by atoms with Crippen LogP contribution in [-0.4, -0.2) is 13.3 Å². The lowest BCUT2D eigenvalue weighted by atomic mass is 10.1. The summed E-state index contributed by atoms with van der Waals surface area (Å²) in [6, 6.07) is 19.6. The molecule has 3 nitrogen and oxygen atoms in total. The zero-order chi connectivity index (χ0) is 19.2. The van der Waals surface area contributed by atoms with Crippen LogP contribution in [-0.2, 0) is 6.61 Å². The highest BCUT2D eigenvalue weighted by Crippen LogP contribution is 2.29. The van der Waals surface area contributed by atoms with E-state index in [1.165, 1.54) is 5.56 Å². The quantitative estimate of drug-likeness (QED) is 0.471. The Kier molecular flexibility index (Phi) is 6.15. The Hall–Kier alpha value is -2.78. The molecule has 0 aliphatic carbocycles. The van der Waals surface area contributed by atoms with Crippen LogP contribution in [0.3, 0.4) is 0 Å². The first kappa shape index (κ1) is 19.0. The summed E-state index contributed by atoms with van der Waals surface area (Å²) < 4.78 is 11.4. The van der Waals surface area contributed by atoms with Gasteiger partial charge in [-0.15, -0.1) is 0 Å². The molecule has 0 atom stereocenters. The van der Waals surface area contributed by atoms with Gasteiger partial charge in [0.1, 0.15) is 6.61 Å². The second-order valence-corrected chi connectivity index (χ2v) is 6.81. The molecule has 0 aliphatic rings. The average Bonchev–Trinajstić information content (AvgIpc) is 2.67. The van der Waals surface area contributed by atoms with Crippen molar-refractivity contribution in [1.82, 2.24) is 0 Å². The number of hydrogen-bond donors (Lipinski definition) is 0. The van der Waals surface area contributed by atoms with E-state index in [-0.39, 0.29) is 0 Å². The highest BCUT2D eigenvalue weighted by molar-refractivity contribution is 6.30. The van der Waals surface area contributed by atoms with Crippen LogP contribution in [0.4, 0.5) is 5.69 Å². The summed E-state index contributed by atoms with van der Waals surface area (Å²) in [5.41, 5.74) is 5.34. The molecule has 0 aromatic heterocycles. The van der Waals surface area contributed by atoms with Gasteiger partial charge in [0.15, 0.2) is 11.5 Å². The van der Waals surface area contributed by atoms with E-state index in [2.05, 4.69) is 31.0 Å². The van der Waals surface area contributed by atoms with Crippen LogP contribution in [0.15, 0.2) is 65.7 Å². The molecule has 3 aromatic rings. The summed E-state index contributed by atoms with van der Waals surface area (Å²) in [6.07, 6.45) is 1.84. The summed E-state index contributed by atoms with van der Waals surface area (Å²) in [4.78, 5) is 4.59. The van der Waals surface area contributed by atoms with Gasteiger partial charge in [-0.2, -0.15) is 0 Å². The minimum atomic E-state index is 0.448. The molecule has 4 heteroatoms. The van der Waals surface area contributed by atoms with Crippen molar-refractivity contribution < 1.29 is 9.47 Å². The van der Waals surface area contributed by atoms with Crippen LogP contribution >= 0.6 is 11.6 Å². The molecule has 0 saturated heterocycles. The average molecular weight is 380 g/mol. The highest BCUT2D eigenvalue weighted by Gasteiger charge is 2.06. The lowest BCUT2D eigenvalue weighted by Crippen LogP contribution is -1.98. The molecule has 0 aliphatic heterocycles. The predicted molar refractivity (Wildman–Crippen MR) is 112 cm³/mol. The van der Waals surface area contributed by atoms with Gasteiger partial charge >= 0.3 is 0 Å². The number of nitrogens with zero attached hydrogens (tertiary/aromatic N) is 1. The van der Waals surface area contributed by atoms with Gasteiger partial charge in [-0.1, -0.05) is 41.4 Å². The van der Waals surface area contributed by atoms with Gasteiger partial charge < -0.3 is 9.47 Å². The van der Waals surface area contributed by atoms with Crippen LogP contribution in [0, 0.1) is 13.8 Å². The number of aliphatic imine (C=N–C) groups is 1. The molecular weight excluding hydrogens is 358 g/mol. The summed E-state index contributed by atoms with van der Waals surface area (Å²) in [7, 11) is 1.63. The van der Waals surface area contributed by atoms with Crippen molar-refractivity contribution in [1.29, 1.82) is 0 Å². The topological polar surface area (TPSA) is 30.8 Å². The van der Waals surface area contributed by atoms with E-state index < -0.39 is 0 Å². The van der Waals surface area contributed by atoms with Gasteiger partial charge in [0, 0.05) is 11.2 Å². The van der Waals surface area contributed by atoms with Crippen molar-refractivity contribution in [3.05, 3.63) is 87.9 Å². The minimum absolute atomic E-state index is 0.448. The minimum Gasteiger partial charge on any atom is -0.493 e. The third-order valence-corrected chi connectivity index (χ3v) is 4.45. The maximum Gasteiger partial charge on any atom is 0.161 e. The first-order valence-corrected chi connectivity index (χ1v) is 9.09. The van der Waals surface area contributed by atoms with E-state index in [1.807, 2.05) is 54.7 Å². The zero-order valence-corrected chi connectivity index (χ0v) is 16.5. The van der Waals surface area contributed by atoms with Gasteiger partial charge in [0.2, 0.25) is 0 Å². The van der Waals surface area contributed by atoms with Crippen LogP contribution < -0.4 is 9.47 Å². The second kappa shape index (κ2) is 8.74. The van der Waals surface area contributed by atoms with E-state index in [9.17, 15) is 0 Å². The molecular formula is C23H22ClNO2. The van der Waals surface area contributed by atoms with Crippen molar-refractivity contribution in [3.8, 4) is 11.5 Å². The zero-order valence-electron chi connectivity index (χ0n) is 15.7. The number of ether oxygens (including phenoxy) is 2. The van der Waals surface area contributed by atoms with Crippen molar-refractivity contribution >= 4 is 23.5 Å². The normalized spacial score (nSPS) is 11.0. The molecule has 0 amide bonds. The van der Waals surface area contributed by atoms with Gasteiger partial charge in [-0.25, -0.2) is 0 Å². The molecule has 0 saturated carbocycles. The Morgan fingerprint density at radius 1 is 0.926 bits per heavy atom. The van der Waals surface area contributed by atoms with Gasteiger partial charge in [-0.05, 0) is 66.9 Å². The highest BCUT2D eigenvalue weighted by atomic mass is 35.5. The maximum absolute atomic E-state index is 5.91. The third-order valence-electron chi connectivity index (χ3n) is 4.20. The van der Waals surface area contributed by atoms with Crippen molar-refractivity contribution in [3.63, 3.8) is 0 Å². The fourth-order valence-corrected chi connectivity index (χ4v) is 2.85. The number of methoxy groups -OCH3 is 1. The van der Waals surface area contributed by atoms with Crippen LogP contribution in [0.2, 0.25) is 5.02 Å². The second-order valence-electron chi connectivity index (χ2n) is 6.37. The fourth-order valence-electron chi connectivity index (χ4n) is 2.72. The number of aryl methyl sites for hydroxylation is 2. The maximum atomic E-state index is 5.91. The Morgan fingerprint density at radius 2 is 1.70 bits per heavy atom. The third kappa shape index (κ3) is 5.11. The van der Waals surface area contributed by atoms with Gasteiger partial charge in [0.05, 0.1) is 12.8 Å². The number of rotatable bonds is 6. The van der Waals surface area contributed by atoms with Crippen molar-refractivity contribution in [2.75, 3.05) is 7.11 Å². The van der Waals surface area contributed by atoms with E-state index in [0.717, 1.165) is 22.4 Å². The SMILES string of the molecule is COc1cc(C=Nc2ccc(C)cc2C)ccc1OCc1ccc(Cl)cc1. The fraction of sp³-hybridized carbons (Fsp3) is 0.174. The predicted octanol–water partition coefficient (Wildman–Crippen LogP) is 6.30. The number of benzene rings is 3. The molecule has 3 aromatic carbocycles. The Morgan fingerprint density at radius 3 is 2.41 bits per heavy atom. The first-order chi connectivity index (χ1) is 13.0. The van der Waals surface area contributed by atoms with Gasteiger partial charge in [0.25, 0.3) is 0 Å². The first-order valence-electron chi connectivity index (χ1n) is 8.72. The standard InChI is InChI=1S/C23H22ClNO2/c1-16-4-10-21(17(2)12-16)25-14-19-7-11-22(23(13-19)26-3)27-15-18-5-8-20(24)9-6-18/h4-14H,15H2,1-3H3. The molecule has 0 bridgehead atoms. The molecule has 0 heterocycles. The Labute approximate surface area is 165 Å². The van der Waals surface area contributed by atoms with Crippen molar-refractivity contribution in [2.45, 2.75) is 20.5 Å². The lowest BCUT2D eigenvalue weighted by molar-refractivity contribution is 0.284. The van der Waals surface area contributed by atoms with E-state index in [0.29, 0.717) is 23.1 Å². The summed E-state index contributed by atoms with van der Waals surface area (Å²) in [5, 5.41) is 0.712. The van der Waals surface area contributed by atoms with Crippen LogP contribution in [0.1, 0.15) is 22.3 Å². The molecule has 0 fully saturated rings. The molecule has 0 radical (unpaired) electrons. The molecule has 0 unspecified atom stereocenters. The number of halogens is 1. The van der Waals surface area contributed by atoms with Gasteiger partial charge in [-0.3, -0.25) is 4.99 Å². The summed E-state index contributed by atoms with van der Waals surface area (Å²) in [5.74, 6) is 1.37. The molecule has 3 rings (SSSR count). The van der Waals surface area contributed by atoms with E-state index >= 15 is 0 Å². The van der Waals surface area contributed by atoms with E-state index in [1.54, 1.807) is 7.11 Å². The smallest absolute Gasteiger partial charge is 0.161 e. The molecule has 0 N–H and O–H groups in total. The van der Waals surface area contributed by atoms with Crippen molar-refractivity contribution in [2.24, 2.45) is 4.99 Å². The molecule has 0 spiro atoms. The lowest BCUT2D eigenvalue weighted by Gasteiger charge is -2.11. The Bertz CT molecular complexity index is 949. The monoisotopic (exact) mass is 379 g/mol. The summed E-state index contributed by atoms with van der Waals surface area (Å²) >= 11 is 5.91. The largest absolute Gasteiger partial charge is 0.493 e. The number of hydrogen-bond acceptors (Lipinski definition) is 3. The summed E-state index contributed by atoms with van der Waals surface area (Å²) in [6.45, 7) is 4.59. The Balaban J connectivity index is 1.73. The van der Waals surface area contributed by atoms with Crippen LogP contribution in [0.5, 0.6) is 11.5 Å². The van der Waals surface area contributed by atoms with Crippen LogP contribution in [0.25, 0.3) is 0 Å². The molecule has 27 heavy (non-hydrogen) atoms. The van der Waals surface area contributed by atoms with E-state index in [4.69, 9.17) is 21.1 Å².